The maximum Gasteiger partial charge on any atom is 0.435 e. The molecule has 0 unspecified atom stereocenters. The Hall–Kier alpha value is -1.98. The number of hydrogen-bond donors (Lipinski definition) is 1. The van der Waals surface area contributed by atoms with E-state index in [0.29, 0.717) is 23.4 Å². The second kappa shape index (κ2) is 4.60. The SMILES string of the molecule is CCn1cc(-c2c(C)cccc2N)c(C(F)(F)F)n1. The fourth-order valence-electron chi connectivity index (χ4n) is 2.03. The van der Waals surface area contributed by atoms with Gasteiger partial charge < -0.3 is 5.73 Å². The van der Waals surface area contributed by atoms with Crippen molar-refractivity contribution in [1.29, 1.82) is 0 Å². The van der Waals surface area contributed by atoms with Crippen molar-refractivity contribution in [3.8, 4) is 11.1 Å². The first kappa shape index (κ1) is 13.5. The van der Waals surface area contributed by atoms with Gasteiger partial charge >= 0.3 is 6.18 Å². The summed E-state index contributed by atoms with van der Waals surface area (Å²) in [6.07, 6.45) is -3.11. The predicted octanol–water partition coefficient (Wildman–Crippen LogP) is 3.48. The van der Waals surface area contributed by atoms with E-state index in [0.717, 1.165) is 0 Å². The topological polar surface area (TPSA) is 43.8 Å². The molecule has 1 heterocycles. The second-order valence-electron chi connectivity index (χ2n) is 4.28. The van der Waals surface area contributed by atoms with E-state index in [4.69, 9.17) is 5.73 Å². The van der Waals surface area contributed by atoms with Crippen molar-refractivity contribution < 1.29 is 13.2 Å². The lowest BCUT2D eigenvalue weighted by Gasteiger charge is -2.10. The molecule has 6 heteroatoms. The van der Waals surface area contributed by atoms with Crippen LogP contribution in [0.5, 0.6) is 0 Å². The molecule has 0 amide bonds. The van der Waals surface area contributed by atoms with E-state index in [1.807, 2.05) is 0 Å². The molecule has 2 N–H and O–H groups in total. The minimum absolute atomic E-state index is 0.0324. The monoisotopic (exact) mass is 269 g/mol. The van der Waals surface area contributed by atoms with Crippen LogP contribution in [-0.4, -0.2) is 9.78 Å². The smallest absolute Gasteiger partial charge is 0.398 e. The molecule has 0 fully saturated rings. The van der Waals surface area contributed by atoms with Gasteiger partial charge in [0.05, 0.1) is 0 Å². The van der Waals surface area contributed by atoms with Crippen LogP contribution in [0.1, 0.15) is 18.2 Å². The number of rotatable bonds is 2. The molecule has 0 aliphatic heterocycles. The van der Waals surface area contributed by atoms with Crippen molar-refractivity contribution in [3.63, 3.8) is 0 Å². The summed E-state index contributed by atoms with van der Waals surface area (Å²) in [5.74, 6) is 0. The van der Waals surface area contributed by atoms with E-state index < -0.39 is 11.9 Å². The predicted molar refractivity (Wildman–Crippen MR) is 67.5 cm³/mol. The summed E-state index contributed by atoms with van der Waals surface area (Å²) >= 11 is 0. The summed E-state index contributed by atoms with van der Waals surface area (Å²) in [4.78, 5) is 0. The van der Waals surface area contributed by atoms with Gasteiger partial charge in [-0.25, -0.2) is 0 Å². The van der Waals surface area contributed by atoms with Crippen LogP contribution < -0.4 is 5.73 Å². The number of aryl methyl sites for hydroxylation is 2. The van der Waals surface area contributed by atoms with Crippen molar-refractivity contribution in [1.82, 2.24) is 9.78 Å². The van der Waals surface area contributed by atoms with Crippen LogP contribution in [0.15, 0.2) is 24.4 Å². The first-order valence-electron chi connectivity index (χ1n) is 5.84. The molecule has 102 valence electrons. The average molecular weight is 269 g/mol. The van der Waals surface area contributed by atoms with Gasteiger partial charge in [0.2, 0.25) is 0 Å². The van der Waals surface area contributed by atoms with Crippen LogP contribution in [0.3, 0.4) is 0 Å². The number of anilines is 1. The lowest BCUT2D eigenvalue weighted by atomic mass is 9.99. The molecule has 0 aliphatic rings. The molecule has 0 saturated carbocycles. The van der Waals surface area contributed by atoms with Crippen LogP contribution in [0.2, 0.25) is 0 Å². The van der Waals surface area contributed by atoms with E-state index in [9.17, 15) is 13.2 Å². The molecular weight excluding hydrogens is 255 g/mol. The Morgan fingerprint density at radius 1 is 1.32 bits per heavy atom. The Bertz CT molecular complexity index is 579. The Balaban J connectivity index is 2.71. The van der Waals surface area contributed by atoms with Crippen LogP contribution in [0.4, 0.5) is 18.9 Å². The average Bonchev–Trinajstić information content (AvgIpc) is 2.72. The summed E-state index contributed by atoms with van der Waals surface area (Å²) in [6.45, 7) is 3.84. The minimum Gasteiger partial charge on any atom is -0.398 e. The lowest BCUT2D eigenvalue weighted by molar-refractivity contribution is -0.141. The van der Waals surface area contributed by atoms with E-state index in [-0.39, 0.29) is 5.56 Å². The van der Waals surface area contributed by atoms with Crippen molar-refractivity contribution >= 4 is 5.69 Å². The quantitative estimate of drug-likeness (QED) is 0.848. The maximum absolute atomic E-state index is 13.0. The number of halogens is 3. The lowest BCUT2D eigenvalue weighted by Crippen LogP contribution is -2.09. The second-order valence-corrected chi connectivity index (χ2v) is 4.28. The number of alkyl halides is 3. The molecule has 0 spiro atoms. The molecule has 0 atom stereocenters. The number of nitrogens with two attached hydrogens (primary N) is 1. The highest BCUT2D eigenvalue weighted by Crippen LogP contribution is 2.39. The van der Waals surface area contributed by atoms with Gasteiger partial charge in [0.1, 0.15) is 0 Å². The Morgan fingerprint density at radius 3 is 2.53 bits per heavy atom. The van der Waals surface area contributed by atoms with Crippen LogP contribution in [0, 0.1) is 6.92 Å². The van der Waals surface area contributed by atoms with Crippen molar-refractivity contribution in [2.45, 2.75) is 26.6 Å². The van der Waals surface area contributed by atoms with Gasteiger partial charge in [0.25, 0.3) is 0 Å². The van der Waals surface area contributed by atoms with Gasteiger partial charge in [-0.3, -0.25) is 4.68 Å². The van der Waals surface area contributed by atoms with Crippen molar-refractivity contribution in [3.05, 3.63) is 35.7 Å². The zero-order valence-electron chi connectivity index (χ0n) is 10.6. The van der Waals surface area contributed by atoms with Crippen LogP contribution >= 0.6 is 0 Å². The Labute approximate surface area is 108 Å². The molecule has 2 aromatic rings. The van der Waals surface area contributed by atoms with Crippen LogP contribution in [0.25, 0.3) is 11.1 Å². The van der Waals surface area contributed by atoms with E-state index in [1.165, 1.54) is 10.9 Å². The number of nitrogens with zero attached hydrogens (tertiary/aromatic N) is 2. The molecular formula is C13H14F3N3. The third-order valence-electron chi connectivity index (χ3n) is 2.93. The molecule has 3 nitrogen and oxygen atoms in total. The summed E-state index contributed by atoms with van der Waals surface area (Å²) in [7, 11) is 0. The number of hydrogen-bond acceptors (Lipinski definition) is 2. The van der Waals surface area contributed by atoms with E-state index in [1.54, 1.807) is 32.0 Å². The van der Waals surface area contributed by atoms with Crippen molar-refractivity contribution in [2.75, 3.05) is 5.73 Å². The normalized spacial score (nSPS) is 11.8. The van der Waals surface area contributed by atoms with Gasteiger partial charge in [-0.05, 0) is 25.5 Å². The Kier molecular flexibility index (Phi) is 3.26. The third-order valence-corrected chi connectivity index (χ3v) is 2.93. The minimum atomic E-state index is -4.50. The van der Waals surface area contributed by atoms with Gasteiger partial charge in [-0.15, -0.1) is 0 Å². The van der Waals surface area contributed by atoms with Crippen LogP contribution in [-0.2, 0) is 12.7 Å². The first-order chi connectivity index (χ1) is 8.84. The number of benzene rings is 1. The molecule has 0 saturated heterocycles. The zero-order valence-corrected chi connectivity index (χ0v) is 10.6. The number of aromatic nitrogens is 2. The summed E-state index contributed by atoms with van der Waals surface area (Å²) < 4.78 is 40.4. The molecule has 0 bridgehead atoms. The fourth-order valence-corrected chi connectivity index (χ4v) is 2.03. The van der Waals surface area contributed by atoms with Gasteiger partial charge in [-0.1, -0.05) is 12.1 Å². The van der Waals surface area contributed by atoms with Gasteiger partial charge in [-0.2, -0.15) is 18.3 Å². The molecule has 1 aromatic carbocycles. The van der Waals surface area contributed by atoms with E-state index >= 15 is 0 Å². The highest BCUT2D eigenvalue weighted by molar-refractivity contribution is 5.80. The van der Waals surface area contributed by atoms with Crippen molar-refractivity contribution in [2.24, 2.45) is 0 Å². The molecule has 19 heavy (non-hydrogen) atoms. The highest BCUT2D eigenvalue weighted by atomic mass is 19.4. The largest absolute Gasteiger partial charge is 0.435 e. The standard InChI is InChI=1S/C13H14F3N3/c1-3-19-7-9(12(18-19)13(14,15)16)11-8(2)5-4-6-10(11)17/h4-7H,3,17H2,1-2H3. The van der Waals surface area contributed by atoms with Gasteiger partial charge in [0.15, 0.2) is 5.69 Å². The Morgan fingerprint density at radius 2 is 2.00 bits per heavy atom. The summed E-state index contributed by atoms with van der Waals surface area (Å²) in [6, 6.07) is 5.03. The number of nitrogen functional groups attached to an aromatic ring is 1. The highest BCUT2D eigenvalue weighted by Gasteiger charge is 2.38. The molecule has 0 radical (unpaired) electrons. The summed E-state index contributed by atoms with van der Waals surface area (Å²) in [5, 5.41) is 3.59. The maximum atomic E-state index is 13.0. The first-order valence-corrected chi connectivity index (χ1v) is 5.84. The fraction of sp³-hybridized carbons (Fsp3) is 0.308. The molecule has 1 aromatic heterocycles. The molecule has 2 rings (SSSR count). The van der Waals surface area contributed by atoms with E-state index in [2.05, 4.69) is 5.10 Å². The van der Waals surface area contributed by atoms with Gasteiger partial charge in [0, 0.05) is 29.6 Å². The third kappa shape index (κ3) is 2.43. The molecule has 0 aliphatic carbocycles. The zero-order chi connectivity index (χ0) is 14.2. The summed E-state index contributed by atoms with van der Waals surface area (Å²) in [5.41, 5.74) is 6.36.